The Balaban J connectivity index is 2.07. The zero-order valence-corrected chi connectivity index (χ0v) is 15.2. The topological polar surface area (TPSA) is 81.7 Å². The second-order valence-corrected chi connectivity index (χ2v) is 6.18. The van der Waals surface area contributed by atoms with Gasteiger partial charge >= 0.3 is 11.9 Å². The minimum atomic E-state index is -0.910. The van der Waals surface area contributed by atoms with Gasteiger partial charge in [0, 0.05) is 0 Å². The number of amides is 1. The summed E-state index contributed by atoms with van der Waals surface area (Å²) in [5.74, 6) is -1.80. The van der Waals surface area contributed by atoms with Gasteiger partial charge in [-0.1, -0.05) is 49.4 Å². The monoisotopic (exact) mass is 357 g/mol. The molecule has 0 saturated heterocycles. The summed E-state index contributed by atoms with van der Waals surface area (Å²) in [6, 6.07) is 12.7. The van der Waals surface area contributed by atoms with Crippen molar-refractivity contribution in [2.75, 3.05) is 14.2 Å². The van der Waals surface area contributed by atoms with Crippen LogP contribution in [0.2, 0.25) is 0 Å². The van der Waals surface area contributed by atoms with E-state index in [-0.39, 0.29) is 18.7 Å². The van der Waals surface area contributed by atoms with Crippen molar-refractivity contribution in [1.29, 1.82) is 0 Å². The summed E-state index contributed by atoms with van der Waals surface area (Å²) in [4.78, 5) is 35.9. The fraction of sp³-hybridized carbons (Fsp3) is 0.350. The van der Waals surface area contributed by atoms with Crippen LogP contribution < -0.4 is 5.32 Å². The normalized spacial score (nSPS) is 12.9. The SMILES string of the molecule is COC(=O)C[C@@H](C)[C@H](NC(=O)Cc1ccc2ccccc2c1)C(=O)OC. The molecule has 0 unspecified atom stereocenters. The van der Waals surface area contributed by atoms with Crippen LogP contribution in [0.1, 0.15) is 18.9 Å². The van der Waals surface area contributed by atoms with E-state index in [2.05, 4.69) is 10.1 Å². The average Bonchev–Trinajstić information content (AvgIpc) is 2.65. The molecule has 6 nitrogen and oxygen atoms in total. The van der Waals surface area contributed by atoms with E-state index in [1.165, 1.54) is 14.2 Å². The van der Waals surface area contributed by atoms with Crippen molar-refractivity contribution in [2.24, 2.45) is 5.92 Å². The highest BCUT2D eigenvalue weighted by Crippen LogP contribution is 2.16. The van der Waals surface area contributed by atoms with E-state index < -0.39 is 23.9 Å². The largest absolute Gasteiger partial charge is 0.469 e. The van der Waals surface area contributed by atoms with Gasteiger partial charge in [0.1, 0.15) is 6.04 Å². The molecular formula is C20H23NO5. The summed E-state index contributed by atoms with van der Waals surface area (Å²) in [5.41, 5.74) is 0.838. The Morgan fingerprint density at radius 1 is 1.00 bits per heavy atom. The van der Waals surface area contributed by atoms with Gasteiger partial charge in [-0.2, -0.15) is 0 Å². The maximum atomic E-state index is 12.4. The van der Waals surface area contributed by atoms with Gasteiger partial charge in [0.05, 0.1) is 27.1 Å². The lowest BCUT2D eigenvalue weighted by molar-refractivity contribution is -0.148. The maximum absolute atomic E-state index is 12.4. The van der Waals surface area contributed by atoms with Crippen LogP contribution in [0.3, 0.4) is 0 Å². The Labute approximate surface area is 152 Å². The Kier molecular flexibility index (Phi) is 6.72. The number of hydrogen-bond donors (Lipinski definition) is 1. The number of carbonyl (C=O) groups excluding carboxylic acids is 3. The minimum absolute atomic E-state index is 0.00647. The van der Waals surface area contributed by atoms with Crippen molar-refractivity contribution in [2.45, 2.75) is 25.8 Å². The summed E-state index contributed by atoms with van der Waals surface area (Å²) in [5, 5.41) is 4.81. The molecule has 0 aliphatic heterocycles. The lowest BCUT2D eigenvalue weighted by Crippen LogP contribution is -2.46. The standard InChI is InChI=1S/C20H23NO5/c1-13(10-18(23)25-2)19(20(24)26-3)21-17(22)12-14-8-9-15-6-4-5-7-16(15)11-14/h4-9,11,13,19H,10,12H2,1-3H3,(H,21,22)/t13-,19+/m1/s1. The van der Waals surface area contributed by atoms with Crippen molar-refractivity contribution in [3.05, 3.63) is 48.0 Å². The molecule has 2 aromatic rings. The second kappa shape index (κ2) is 8.99. The number of ether oxygens (including phenoxy) is 2. The molecule has 0 aliphatic rings. The number of benzene rings is 2. The van der Waals surface area contributed by atoms with Gasteiger partial charge in [-0.05, 0) is 22.3 Å². The lowest BCUT2D eigenvalue weighted by Gasteiger charge is -2.22. The van der Waals surface area contributed by atoms with Crippen LogP contribution in [0.15, 0.2) is 42.5 Å². The van der Waals surface area contributed by atoms with Crippen LogP contribution in [0.25, 0.3) is 10.8 Å². The van der Waals surface area contributed by atoms with E-state index >= 15 is 0 Å². The smallest absolute Gasteiger partial charge is 0.328 e. The van der Waals surface area contributed by atoms with Gasteiger partial charge in [0.25, 0.3) is 0 Å². The molecule has 0 saturated carbocycles. The van der Waals surface area contributed by atoms with Gasteiger partial charge in [-0.3, -0.25) is 9.59 Å². The van der Waals surface area contributed by atoms with Gasteiger partial charge < -0.3 is 14.8 Å². The summed E-state index contributed by atoms with van der Waals surface area (Å²) in [6.45, 7) is 1.69. The number of hydrogen-bond acceptors (Lipinski definition) is 5. The molecule has 1 amide bonds. The zero-order chi connectivity index (χ0) is 19.1. The third-order valence-electron chi connectivity index (χ3n) is 4.24. The van der Waals surface area contributed by atoms with Gasteiger partial charge in [-0.25, -0.2) is 4.79 Å². The molecule has 0 aliphatic carbocycles. The summed E-state index contributed by atoms with van der Waals surface area (Å²) in [6.07, 6.45) is 0.135. The molecule has 0 bridgehead atoms. The molecule has 0 aromatic heterocycles. The summed E-state index contributed by atoms with van der Waals surface area (Å²) in [7, 11) is 2.52. The van der Waals surface area contributed by atoms with E-state index in [0.717, 1.165) is 16.3 Å². The van der Waals surface area contributed by atoms with Crippen molar-refractivity contribution in [1.82, 2.24) is 5.32 Å². The van der Waals surface area contributed by atoms with E-state index in [4.69, 9.17) is 4.74 Å². The van der Waals surface area contributed by atoms with Crippen molar-refractivity contribution in [3.8, 4) is 0 Å². The van der Waals surface area contributed by atoms with Crippen LogP contribution in [0.4, 0.5) is 0 Å². The highest BCUT2D eigenvalue weighted by atomic mass is 16.5. The van der Waals surface area contributed by atoms with Gasteiger partial charge in [0.2, 0.25) is 5.91 Å². The highest BCUT2D eigenvalue weighted by molar-refractivity contribution is 5.88. The van der Waals surface area contributed by atoms with E-state index in [9.17, 15) is 14.4 Å². The fourth-order valence-electron chi connectivity index (χ4n) is 2.78. The minimum Gasteiger partial charge on any atom is -0.469 e. The first-order chi connectivity index (χ1) is 12.4. The molecule has 2 rings (SSSR count). The third-order valence-corrected chi connectivity index (χ3v) is 4.24. The summed E-state index contributed by atoms with van der Waals surface area (Å²) < 4.78 is 9.37. The Morgan fingerprint density at radius 2 is 1.69 bits per heavy atom. The number of nitrogens with one attached hydrogen (secondary N) is 1. The van der Waals surface area contributed by atoms with E-state index in [1.807, 2.05) is 42.5 Å². The van der Waals surface area contributed by atoms with Gasteiger partial charge in [-0.15, -0.1) is 0 Å². The van der Waals surface area contributed by atoms with Crippen LogP contribution in [0, 0.1) is 5.92 Å². The Morgan fingerprint density at radius 3 is 2.35 bits per heavy atom. The fourth-order valence-corrected chi connectivity index (χ4v) is 2.78. The number of carbonyl (C=O) groups is 3. The first kappa shape index (κ1) is 19.4. The number of esters is 2. The average molecular weight is 357 g/mol. The van der Waals surface area contributed by atoms with E-state index in [0.29, 0.717) is 0 Å². The van der Waals surface area contributed by atoms with E-state index in [1.54, 1.807) is 6.92 Å². The number of fused-ring (bicyclic) bond motifs is 1. The molecule has 26 heavy (non-hydrogen) atoms. The molecule has 0 radical (unpaired) electrons. The molecule has 0 fully saturated rings. The first-order valence-corrected chi connectivity index (χ1v) is 8.36. The maximum Gasteiger partial charge on any atom is 0.328 e. The quantitative estimate of drug-likeness (QED) is 0.769. The van der Waals surface area contributed by atoms with Crippen molar-refractivity contribution in [3.63, 3.8) is 0 Å². The second-order valence-electron chi connectivity index (χ2n) is 6.18. The Hall–Kier alpha value is -2.89. The zero-order valence-electron chi connectivity index (χ0n) is 15.2. The molecule has 2 atom stereocenters. The molecular weight excluding hydrogens is 334 g/mol. The Bertz CT molecular complexity index is 802. The third kappa shape index (κ3) is 5.05. The molecule has 2 aromatic carbocycles. The highest BCUT2D eigenvalue weighted by Gasteiger charge is 2.29. The molecule has 138 valence electrons. The predicted molar refractivity (Wildman–Crippen MR) is 97.4 cm³/mol. The van der Waals surface area contributed by atoms with Crippen LogP contribution in [-0.2, 0) is 30.3 Å². The van der Waals surface area contributed by atoms with Crippen molar-refractivity contribution < 1.29 is 23.9 Å². The molecule has 1 N–H and O–H groups in total. The summed E-state index contributed by atoms with van der Waals surface area (Å²) >= 11 is 0. The molecule has 0 heterocycles. The number of methoxy groups -OCH3 is 2. The van der Waals surface area contributed by atoms with Crippen LogP contribution in [0.5, 0.6) is 0 Å². The number of rotatable bonds is 7. The first-order valence-electron chi connectivity index (χ1n) is 8.36. The lowest BCUT2D eigenvalue weighted by atomic mass is 9.97. The van der Waals surface area contributed by atoms with Crippen LogP contribution in [-0.4, -0.2) is 38.1 Å². The molecule has 6 heteroatoms. The van der Waals surface area contributed by atoms with Gasteiger partial charge in [0.15, 0.2) is 0 Å². The molecule has 0 spiro atoms. The van der Waals surface area contributed by atoms with Crippen LogP contribution >= 0.6 is 0 Å². The predicted octanol–water partition coefficient (Wildman–Crippen LogP) is 2.24. The van der Waals surface area contributed by atoms with Crippen molar-refractivity contribution >= 4 is 28.6 Å².